The van der Waals surface area contributed by atoms with Gasteiger partial charge in [0.05, 0.1) is 0 Å². The van der Waals surface area contributed by atoms with E-state index in [1.165, 1.54) is 51.4 Å². The molecule has 0 radical (unpaired) electrons. The average molecular weight is 418 g/mol. The van der Waals surface area contributed by atoms with Gasteiger partial charge in [-0.15, -0.1) is 12.1 Å². The third-order valence-corrected chi connectivity index (χ3v) is 3.07. The van der Waals surface area contributed by atoms with E-state index in [1.54, 1.807) is 0 Å². The summed E-state index contributed by atoms with van der Waals surface area (Å²) < 4.78 is 0. The van der Waals surface area contributed by atoms with Crippen LogP contribution in [-0.2, 0) is 16.5 Å². The van der Waals surface area contributed by atoms with Crippen LogP contribution < -0.4 is 0 Å². The fourth-order valence-electron chi connectivity index (χ4n) is 2.40. The van der Waals surface area contributed by atoms with Crippen LogP contribution in [0.2, 0.25) is 0 Å². The molecule has 0 aliphatic heterocycles. The van der Waals surface area contributed by atoms with Crippen molar-refractivity contribution >= 4 is 18.8 Å². The molecule has 2 aliphatic carbocycles. The van der Waals surface area contributed by atoms with Crippen LogP contribution in [0.25, 0.3) is 5.32 Å². The quantitative estimate of drug-likeness (QED) is 0.622. The summed E-state index contributed by atoms with van der Waals surface area (Å²) in [6, 6.07) is 1.52. The zero-order valence-electron chi connectivity index (χ0n) is 8.33. The topological polar surface area (TPSA) is 14.1 Å². The molecule has 0 aromatic heterocycles. The first-order chi connectivity index (χ1) is 6.86. The van der Waals surface area contributed by atoms with E-state index in [-0.39, 0.29) is 0 Å². The van der Waals surface area contributed by atoms with Gasteiger partial charge in [0, 0.05) is 0 Å². The first-order valence-electron chi connectivity index (χ1n) is 5.39. The maximum absolute atomic E-state index is 4.88. The Bertz CT molecular complexity index is 120. The first kappa shape index (κ1) is 13.3. The second kappa shape index (κ2) is 8.39. The predicted octanol–water partition coefficient (Wildman–Crippen LogP) is 4.62. The van der Waals surface area contributed by atoms with Gasteiger partial charge < -0.3 is 5.32 Å². The van der Waals surface area contributed by atoms with Crippen LogP contribution in [0.4, 0.5) is 0 Å². The van der Waals surface area contributed by atoms with Crippen molar-refractivity contribution in [2.24, 2.45) is 0 Å². The summed E-state index contributed by atoms with van der Waals surface area (Å²) in [5.41, 5.74) is 0. The molecule has 0 aromatic carbocycles. The average Bonchev–Trinajstić information content (AvgIpc) is 2.79. The minimum atomic E-state index is -0.472. The summed E-state index contributed by atoms with van der Waals surface area (Å²) in [5, 5.41) is 4.88. The Kier molecular flexibility index (Phi) is 7.97. The van der Waals surface area contributed by atoms with E-state index >= 15 is 0 Å². The van der Waals surface area contributed by atoms with Gasteiger partial charge in [0.25, 0.3) is 0 Å². The number of nitrogens with zero attached hydrogens (tertiary/aromatic N) is 1. The van der Waals surface area contributed by atoms with E-state index in [9.17, 15) is 0 Å². The van der Waals surface area contributed by atoms with Gasteiger partial charge in [-0.05, 0) is 0 Å². The van der Waals surface area contributed by atoms with Crippen LogP contribution in [0.3, 0.4) is 0 Å². The molecule has 0 atom stereocenters. The molecule has 0 N–H and O–H groups in total. The summed E-state index contributed by atoms with van der Waals surface area (Å²) in [4.78, 5) is 0. The van der Waals surface area contributed by atoms with Crippen LogP contribution in [-0.4, -0.2) is 12.1 Å². The number of halogens is 2. The van der Waals surface area contributed by atoms with E-state index in [2.05, 4.69) is 0 Å². The summed E-state index contributed by atoms with van der Waals surface area (Å²) in [6.45, 7) is 0. The summed E-state index contributed by atoms with van der Waals surface area (Å²) in [5.74, 6) is 0. The molecule has 2 aliphatic rings. The van der Waals surface area contributed by atoms with Gasteiger partial charge in [0.1, 0.15) is 0 Å². The van der Waals surface area contributed by atoms with E-state index in [0.29, 0.717) is 0 Å². The monoisotopic (exact) mass is 417 g/mol. The van der Waals surface area contributed by atoms with Gasteiger partial charge in [0.2, 0.25) is 0 Å². The molecule has 1 nitrogen and oxygen atoms in total. The van der Waals surface area contributed by atoms with E-state index in [1.807, 2.05) is 0 Å². The molecular weight excluding hydrogens is 400 g/mol. The van der Waals surface area contributed by atoms with Crippen LogP contribution in [0.15, 0.2) is 0 Å². The predicted molar refractivity (Wildman–Crippen MR) is 59.6 cm³/mol. The fourth-order valence-corrected chi connectivity index (χ4v) is 2.40. The van der Waals surface area contributed by atoms with Gasteiger partial charge in [0.15, 0.2) is 0 Å². The molecule has 2 fully saturated rings. The van der Waals surface area contributed by atoms with Crippen molar-refractivity contribution in [1.29, 1.82) is 0 Å². The van der Waals surface area contributed by atoms with Crippen molar-refractivity contribution in [3.05, 3.63) is 5.32 Å². The standard InChI is InChI=1S/C10H18N.2ClH.Pt/c1-2-6-9(5-1)11-10-7-3-4-8-10;;;/h9-10H,1-8H2;2*1H;/q-1;;;+2/p-2. The third kappa shape index (κ3) is 5.35. The fraction of sp³-hybridized carbons (Fsp3) is 1.00. The molecule has 2 rings (SSSR count). The van der Waals surface area contributed by atoms with Crippen LogP contribution in [0, 0.1) is 0 Å². The molecule has 0 bridgehead atoms. The molecule has 14 heavy (non-hydrogen) atoms. The Labute approximate surface area is 104 Å². The molecule has 88 valence electrons. The van der Waals surface area contributed by atoms with Crippen molar-refractivity contribution in [3.63, 3.8) is 0 Å². The van der Waals surface area contributed by atoms with Crippen LogP contribution in [0.5, 0.6) is 0 Å². The van der Waals surface area contributed by atoms with Crippen molar-refractivity contribution in [1.82, 2.24) is 0 Å². The van der Waals surface area contributed by atoms with Crippen molar-refractivity contribution in [2.75, 3.05) is 0 Å². The van der Waals surface area contributed by atoms with Crippen LogP contribution >= 0.6 is 18.8 Å². The second-order valence-corrected chi connectivity index (χ2v) is 7.35. The minimum absolute atomic E-state index is 0.472. The third-order valence-electron chi connectivity index (χ3n) is 3.07. The molecule has 0 heterocycles. The number of hydrogen-bond acceptors (Lipinski definition) is 0. The SMILES string of the molecule is C1CCC([N-]C2CCCC2)C1.[Cl][Pt][Cl]. The summed E-state index contributed by atoms with van der Waals surface area (Å²) in [7, 11) is 9.75. The van der Waals surface area contributed by atoms with E-state index < -0.39 is 16.5 Å². The van der Waals surface area contributed by atoms with Crippen molar-refractivity contribution in [3.8, 4) is 0 Å². The molecule has 4 heteroatoms. The maximum atomic E-state index is 4.88. The van der Waals surface area contributed by atoms with E-state index in [4.69, 9.17) is 24.2 Å². The van der Waals surface area contributed by atoms with Gasteiger partial charge in [-0.2, -0.15) is 0 Å². The molecule has 0 unspecified atom stereocenters. The van der Waals surface area contributed by atoms with Gasteiger partial charge in [-0.25, -0.2) is 0 Å². The van der Waals surface area contributed by atoms with Crippen LogP contribution in [0.1, 0.15) is 51.4 Å². The zero-order chi connectivity index (χ0) is 10.2. The molecule has 0 amide bonds. The second-order valence-electron chi connectivity index (χ2n) is 4.07. The number of rotatable bonds is 2. The zero-order valence-corrected chi connectivity index (χ0v) is 12.1. The van der Waals surface area contributed by atoms with Crippen molar-refractivity contribution in [2.45, 2.75) is 63.5 Å². The van der Waals surface area contributed by atoms with Gasteiger partial charge >= 0.3 is 35.3 Å². The van der Waals surface area contributed by atoms with Gasteiger partial charge in [-0.3, -0.25) is 0 Å². The molecule has 0 spiro atoms. The molecule has 0 aromatic rings. The normalized spacial score (nSPS) is 23.9. The van der Waals surface area contributed by atoms with E-state index in [0.717, 1.165) is 12.1 Å². The Balaban J connectivity index is 0.000000293. The molecule has 2 saturated carbocycles. The summed E-state index contributed by atoms with van der Waals surface area (Å²) in [6.07, 6.45) is 11.3. The summed E-state index contributed by atoms with van der Waals surface area (Å²) >= 11 is -0.472. The molecule has 0 saturated heterocycles. The Morgan fingerprint density at radius 3 is 1.36 bits per heavy atom. The van der Waals surface area contributed by atoms with Gasteiger partial charge in [-0.1, -0.05) is 51.4 Å². The number of hydrogen-bond donors (Lipinski definition) is 0. The Hall–Kier alpha value is 1.23. The first-order valence-corrected chi connectivity index (χ1v) is 11.0. The van der Waals surface area contributed by atoms with Crippen molar-refractivity contribution < 1.29 is 16.5 Å². The Morgan fingerprint density at radius 2 is 1.07 bits per heavy atom. The Morgan fingerprint density at radius 1 is 0.786 bits per heavy atom. The molecular formula is C10H18Cl2NPt-.